The molecule has 0 aliphatic heterocycles. The molecule has 1 amide bonds. The number of nitrogens with two attached hydrogens (primary N) is 2. The summed E-state index contributed by atoms with van der Waals surface area (Å²) in [5.74, 6) is 0.710. The highest BCUT2D eigenvalue weighted by Gasteiger charge is 2.11. The smallest absolute Gasteiger partial charge is 0.299 e. The molecule has 0 aliphatic rings. The predicted octanol–water partition coefficient (Wildman–Crippen LogP) is 1.44. The van der Waals surface area contributed by atoms with Crippen LogP contribution in [0.4, 0.5) is 17.3 Å². The first-order valence-electron chi connectivity index (χ1n) is 5.66. The van der Waals surface area contributed by atoms with Gasteiger partial charge in [-0.05, 0) is 30.0 Å². The molecule has 0 saturated heterocycles. The minimum absolute atomic E-state index is 0.173. The number of hydrogen-bond acceptors (Lipinski definition) is 5. The zero-order chi connectivity index (χ0) is 14.5. The van der Waals surface area contributed by atoms with E-state index in [1.807, 2.05) is 0 Å². The monoisotopic (exact) mass is 310 g/mol. The fourth-order valence-corrected chi connectivity index (χ4v) is 2.35. The van der Waals surface area contributed by atoms with E-state index in [9.17, 15) is 4.79 Å². The molecule has 104 valence electrons. The van der Waals surface area contributed by atoms with E-state index in [-0.39, 0.29) is 11.7 Å². The van der Waals surface area contributed by atoms with Crippen LogP contribution in [-0.2, 0) is 4.79 Å². The molecule has 2 aromatic rings. The van der Waals surface area contributed by atoms with E-state index in [1.54, 1.807) is 24.3 Å². The van der Waals surface area contributed by atoms with Crippen LogP contribution in [-0.4, -0.2) is 16.6 Å². The summed E-state index contributed by atoms with van der Waals surface area (Å²) in [4.78, 5) is 18.6. The van der Waals surface area contributed by atoms with Crippen molar-refractivity contribution in [3.63, 3.8) is 0 Å². The minimum Gasteiger partial charge on any atom is -0.370 e. The number of aromatic nitrogens is 2. The molecule has 0 radical (unpaired) electrons. The molecule has 6 N–H and O–H groups in total. The normalized spacial score (nSPS) is 10.2. The van der Waals surface area contributed by atoms with Crippen LogP contribution in [0.15, 0.2) is 35.5 Å². The van der Waals surface area contributed by atoms with Gasteiger partial charge in [0.15, 0.2) is 0 Å². The topological polar surface area (TPSA) is 108 Å². The van der Waals surface area contributed by atoms with E-state index in [4.69, 9.17) is 23.1 Å². The summed E-state index contributed by atoms with van der Waals surface area (Å²) >= 11 is 7.05. The molecule has 0 fully saturated rings. The highest BCUT2D eigenvalue weighted by molar-refractivity contribution is 7.99. The number of hydrogen-bond donors (Lipinski definition) is 3. The average molecular weight is 311 g/mol. The summed E-state index contributed by atoms with van der Waals surface area (Å²) in [5.41, 5.74) is 11.8. The van der Waals surface area contributed by atoms with Gasteiger partial charge in [0.05, 0.1) is 11.8 Å². The Labute approximate surface area is 124 Å². The summed E-state index contributed by atoms with van der Waals surface area (Å²) in [7, 11) is 0. The maximum atomic E-state index is 11.8. The molecule has 1 heterocycles. The van der Waals surface area contributed by atoms with E-state index < -0.39 is 0 Å². The lowest BCUT2D eigenvalue weighted by Crippen LogP contribution is -2.19. The van der Waals surface area contributed by atoms with Gasteiger partial charge in [-0.1, -0.05) is 22.7 Å². The lowest BCUT2D eigenvalue weighted by atomic mass is 10.3. The largest absolute Gasteiger partial charge is 0.370 e. The molecule has 6 nitrogen and oxygen atoms in total. The van der Waals surface area contributed by atoms with Crippen molar-refractivity contribution < 1.29 is 9.78 Å². The second-order valence-corrected chi connectivity index (χ2v) is 5.31. The number of carbonyl (C=O) groups is 1. The molecule has 1 aromatic heterocycles. The number of halogens is 1. The number of aromatic amines is 1. The van der Waals surface area contributed by atoms with Crippen molar-refractivity contribution in [3.05, 3.63) is 35.4 Å². The third-order valence-corrected chi connectivity index (χ3v) is 3.34. The molecule has 0 saturated carbocycles. The van der Waals surface area contributed by atoms with Crippen LogP contribution in [0.1, 0.15) is 0 Å². The van der Waals surface area contributed by atoms with Crippen molar-refractivity contribution in [2.75, 3.05) is 22.5 Å². The number of benzene rings is 1. The molecule has 0 unspecified atom stereocenters. The maximum absolute atomic E-state index is 11.8. The Hall–Kier alpha value is -1.99. The Kier molecular flexibility index (Phi) is 4.65. The molecule has 2 rings (SSSR count). The van der Waals surface area contributed by atoms with Gasteiger partial charge in [-0.2, -0.15) is 0 Å². The number of carbonyl (C=O) groups excluding carboxylic acids is 1. The lowest BCUT2D eigenvalue weighted by Gasteiger charge is -2.04. The second-order valence-electron chi connectivity index (χ2n) is 3.91. The molecule has 20 heavy (non-hydrogen) atoms. The lowest BCUT2D eigenvalue weighted by molar-refractivity contribution is -0.416. The quantitative estimate of drug-likeness (QED) is 0.585. The number of nitrogens with zero attached hydrogens (tertiary/aromatic N) is 1. The summed E-state index contributed by atoms with van der Waals surface area (Å²) in [5, 5.41) is 3.79. The number of anilines is 3. The SMILES string of the molecule is Nc1cc(N)[nH+]c(SCC(=O)Nc2cccc(Cl)c2)n1. The molecule has 8 heteroatoms. The summed E-state index contributed by atoms with van der Waals surface area (Å²) in [6.07, 6.45) is 0. The Balaban J connectivity index is 1.92. The van der Waals surface area contributed by atoms with Crippen molar-refractivity contribution in [3.8, 4) is 0 Å². The van der Waals surface area contributed by atoms with Gasteiger partial charge in [0.1, 0.15) is 0 Å². The molecule has 0 atom stereocenters. The van der Waals surface area contributed by atoms with Crippen molar-refractivity contribution in [1.82, 2.24) is 4.98 Å². The van der Waals surface area contributed by atoms with Crippen molar-refractivity contribution in [2.24, 2.45) is 0 Å². The average Bonchev–Trinajstić information content (AvgIpc) is 2.35. The van der Waals surface area contributed by atoms with Crippen LogP contribution in [0.3, 0.4) is 0 Å². The van der Waals surface area contributed by atoms with Gasteiger partial charge >= 0.3 is 0 Å². The fourth-order valence-electron chi connectivity index (χ4n) is 1.46. The summed E-state index contributed by atoms with van der Waals surface area (Å²) in [6, 6.07) is 8.44. The number of nitrogen functional groups attached to an aromatic ring is 2. The number of rotatable bonds is 4. The van der Waals surface area contributed by atoms with Crippen LogP contribution < -0.4 is 21.8 Å². The first kappa shape index (κ1) is 14.4. The highest BCUT2D eigenvalue weighted by Crippen LogP contribution is 2.16. The first-order valence-corrected chi connectivity index (χ1v) is 7.03. The molecular formula is C12H13ClN5OS+. The van der Waals surface area contributed by atoms with Crippen molar-refractivity contribution in [2.45, 2.75) is 5.16 Å². The van der Waals surface area contributed by atoms with Gasteiger partial charge in [-0.3, -0.25) is 4.79 Å². The summed E-state index contributed by atoms with van der Waals surface area (Å²) < 4.78 is 0. The van der Waals surface area contributed by atoms with Gasteiger partial charge in [-0.15, -0.1) is 0 Å². The highest BCUT2D eigenvalue weighted by atomic mass is 35.5. The van der Waals surface area contributed by atoms with E-state index in [1.165, 1.54) is 17.8 Å². The van der Waals surface area contributed by atoms with Gasteiger partial charge in [0.2, 0.25) is 17.5 Å². The Morgan fingerprint density at radius 3 is 2.90 bits per heavy atom. The Morgan fingerprint density at radius 2 is 2.20 bits per heavy atom. The van der Waals surface area contributed by atoms with Gasteiger partial charge < -0.3 is 16.8 Å². The van der Waals surface area contributed by atoms with E-state index >= 15 is 0 Å². The van der Waals surface area contributed by atoms with Crippen LogP contribution in [0.25, 0.3) is 0 Å². The third kappa shape index (κ3) is 4.29. The Morgan fingerprint density at radius 1 is 1.40 bits per heavy atom. The number of thioether (sulfide) groups is 1. The van der Waals surface area contributed by atoms with Gasteiger partial charge in [0.25, 0.3) is 5.16 Å². The zero-order valence-electron chi connectivity index (χ0n) is 10.4. The van der Waals surface area contributed by atoms with Crippen molar-refractivity contribution in [1.29, 1.82) is 0 Å². The zero-order valence-corrected chi connectivity index (χ0v) is 12.0. The molecule has 0 aliphatic carbocycles. The van der Waals surface area contributed by atoms with Crippen LogP contribution in [0.2, 0.25) is 5.02 Å². The van der Waals surface area contributed by atoms with E-state index in [0.29, 0.717) is 27.5 Å². The van der Waals surface area contributed by atoms with Gasteiger partial charge in [0, 0.05) is 10.7 Å². The van der Waals surface area contributed by atoms with Gasteiger partial charge in [-0.25, -0.2) is 4.98 Å². The molecule has 1 aromatic carbocycles. The number of H-pyrrole nitrogens is 1. The number of nitrogens with one attached hydrogen (secondary N) is 2. The number of amides is 1. The van der Waals surface area contributed by atoms with Crippen LogP contribution >= 0.6 is 23.4 Å². The third-order valence-electron chi connectivity index (χ3n) is 2.23. The minimum atomic E-state index is -0.173. The summed E-state index contributed by atoms with van der Waals surface area (Å²) in [6.45, 7) is 0. The predicted molar refractivity (Wildman–Crippen MR) is 80.4 cm³/mol. The first-order chi connectivity index (χ1) is 9.52. The molecule has 0 bridgehead atoms. The van der Waals surface area contributed by atoms with Crippen molar-refractivity contribution >= 4 is 46.6 Å². The van der Waals surface area contributed by atoms with Crippen LogP contribution in [0, 0.1) is 0 Å². The second kappa shape index (κ2) is 6.44. The molecular weight excluding hydrogens is 298 g/mol. The van der Waals surface area contributed by atoms with E-state index in [2.05, 4.69) is 15.3 Å². The molecule has 0 spiro atoms. The fraction of sp³-hybridized carbons (Fsp3) is 0.0833. The standard InChI is InChI=1S/C12H12ClN5OS/c13-7-2-1-3-8(4-7)16-11(19)6-20-12-17-9(14)5-10(15)18-12/h1-5H,6H2,(H,16,19)(H4,14,15,17,18)/p+1. The van der Waals surface area contributed by atoms with E-state index in [0.717, 1.165) is 0 Å². The maximum Gasteiger partial charge on any atom is 0.299 e. The Bertz CT molecular complexity index is 617. The van der Waals surface area contributed by atoms with Crippen LogP contribution in [0.5, 0.6) is 0 Å².